The van der Waals surface area contributed by atoms with Crippen molar-refractivity contribution >= 4 is 0 Å². The highest BCUT2D eigenvalue weighted by atomic mass is 16.5. The third kappa shape index (κ3) is 1.99. The van der Waals surface area contributed by atoms with E-state index in [1.165, 1.54) is 6.07 Å². The molecule has 0 bridgehead atoms. The molecule has 3 rings (SSSR count). The average molecular weight is 255 g/mol. The van der Waals surface area contributed by atoms with Crippen LogP contribution >= 0.6 is 0 Å². The van der Waals surface area contributed by atoms with Gasteiger partial charge in [0.15, 0.2) is 11.5 Å². The van der Waals surface area contributed by atoms with Crippen LogP contribution in [-0.4, -0.2) is 25.3 Å². The lowest BCUT2D eigenvalue weighted by molar-refractivity contribution is 0.397. The number of pyridine rings is 1. The molecule has 0 aliphatic heterocycles. The summed E-state index contributed by atoms with van der Waals surface area (Å²) in [5.41, 5.74) is 0.840. The molecule has 3 aromatic rings. The van der Waals surface area contributed by atoms with E-state index >= 15 is 0 Å². The van der Waals surface area contributed by atoms with Gasteiger partial charge in [-0.1, -0.05) is 17.3 Å². The summed E-state index contributed by atoms with van der Waals surface area (Å²) in [6, 6.07) is 9.86. The maximum absolute atomic E-state index is 9.74. The quantitative estimate of drug-likeness (QED) is 0.682. The van der Waals surface area contributed by atoms with Crippen LogP contribution in [0.15, 0.2) is 47.1 Å². The van der Waals surface area contributed by atoms with Crippen molar-refractivity contribution < 1.29 is 14.7 Å². The second-order valence-corrected chi connectivity index (χ2v) is 3.81. The van der Waals surface area contributed by atoms with Crippen molar-refractivity contribution in [3.05, 3.63) is 42.6 Å². The van der Waals surface area contributed by atoms with Crippen LogP contribution in [0.4, 0.5) is 0 Å². The molecule has 0 fully saturated rings. The van der Waals surface area contributed by atoms with Gasteiger partial charge in [0, 0.05) is 6.20 Å². The maximum Gasteiger partial charge on any atom is 0.262 e. The predicted octanol–water partition coefficient (Wildman–Crippen LogP) is 2.21. The number of phenolic OH excluding ortho intramolecular Hbond substituents is 2. The predicted molar refractivity (Wildman–Crippen MR) is 66.3 cm³/mol. The summed E-state index contributed by atoms with van der Waals surface area (Å²) in [4.78, 5) is 8.24. The van der Waals surface area contributed by atoms with E-state index < -0.39 is 0 Å². The Morgan fingerprint density at radius 3 is 2.68 bits per heavy atom. The van der Waals surface area contributed by atoms with Crippen LogP contribution in [-0.2, 0) is 0 Å². The number of hydrogen-bond acceptors (Lipinski definition) is 6. The number of para-hydroxylation sites is 1. The highest BCUT2D eigenvalue weighted by molar-refractivity contribution is 5.67. The molecule has 6 heteroatoms. The Bertz CT molecular complexity index is 710. The smallest absolute Gasteiger partial charge is 0.262 e. The molecular weight excluding hydrogens is 246 g/mol. The number of aromatic hydroxyl groups is 2. The summed E-state index contributed by atoms with van der Waals surface area (Å²) < 4.78 is 5.07. The van der Waals surface area contributed by atoms with Crippen molar-refractivity contribution in [1.82, 2.24) is 15.1 Å². The Balaban J connectivity index is 2.05. The van der Waals surface area contributed by atoms with E-state index in [0.717, 1.165) is 0 Å². The minimum absolute atomic E-state index is 0.119. The van der Waals surface area contributed by atoms with Gasteiger partial charge in [-0.25, -0.2) is 0 Å². The van der Waals surface area contributed by atoms with Crippen molar-refractivity contribution in [2.45, 2.75) is 0 Å². The molecule has 0 radical (unpaired) electrons. The van der Waals surface area contributed by atoms with Crippen LogP contribution in [0.5, 0.6) is 11.5 Å². The van der Waals surface area contributed by atoms with Crippen LogP contribution < -0.4 is 0 Å². The largest absolute Gasteiger partial charge is 0.504 e. The summed E-state index contributed by atoms with van der Waals surface area (Å²) >= 11 is 0. The average Bonchev–Trinajstić information content (AvgIpc) is 2.92. The molecule has 0 aliphatic carbocycles. The van der Waals surface area contributed by atoms with Gasteiger partial charge >= 0.3 is 0 Å². The van der Waals surface area contributed by atoms with Gasteiger partial charge in [0.2, 0.25) is 5.82 Å². The van der Waals surface area contributed by atoms with Crippen LogP contribution in [0.1, 0.15) is 0 Å². The second-order valence-electron chi connectivity index (χ2n) is 3.81. The number of benzene rings is 1. The lowest BCUT2D eigenvalue weighted by Crippen LogP contribution is -1.84. The SMILES string of the molecule is Oc1cccc(-c2nc(-c3ccccn3)no2)c1O. The molecule has 0 amide bonds. The zero-order valence-corrected chi connectivity index (χ0v) is 9.69. The molecule has 6 nitrogen and oxygen atoms in total. The van der Waals surface area contributed by atoms with E-state index in [0.29, 0.717) is 11.5 Å². The number of rotatable bonds is 2. The van der Waals surface area contributed by atoms with Gasteiger partial charge < -0.3 is 14.7 Å². The highest BCUT2D eigenvalue weighted by Gasteiger charge is 2.16. The lowest BCUT2D eigenvalue weighted by atomic mass is 10.2. The Morgan fingerprint density at radius 1 is 1.00 bits per heavy atom. The number of aromatic nitrogens is 3. The molecule has 0 unspecified atom stereocenters. The fourth-order valence-corrected chi connectivity index (χ4v) is 1.64. The third-order valence-electron chi connectivity index (χ3n) is 2.57. The topological polar surface area (TPSA) is 92.3 Å². The summed E-state index contributed by atoms with van der Waals surface area (Å²) in [6.07, 6.45) is 1.62. The minimum atomic E-state index is -0.293. The Labute approximate surface area is 108 Å². The number of hydrogen-bond donors (Lipinski definition) is 2. The van der Waals surface area contributed by atoms with Crippen LogP contribution in [0.2, 0.25) is 0 Å². The minimum Gasteiger partial charge on any atom is -0.504 e. The Kier molecular flexibility index (Phi) is 2.60. The molecule has 94 valence electrons. The first-order valence-corrected chi connectivity index (χ1v) is 5.52. The van der Waals surface area contributed by atoms with Crippen LogP contribution in [0.3, 0.4) is 0 Å². The highest BCUT2D eigenvalue weighted by Crippen LogP contribution is 2.35. The molecule has 0 saturated carbocycles. The zero-order valence-electron chi connectivity index (χ0n) is 9.69. The standard InChI is InChI=1S/C13H9N3O3/c17-10-6-3-4-8(11(10)18)13-15-12(16-19-13)9-5-1-2-7-14-9/h1-7,17-18H. The van der Waals surface area contributed by atoms with Gasteiger partial charge in [-0.15, -0.1) is 0 Å². The van der Waals surface area contributed by atoms with Crippen molar-refractivity contribution in [3.8, 4) is 34.5 Å². The summed E-state index contributed by atoms with van der Waals surface area (Å²) in [5.74, 6) is -0.0961. The molecule has 0 atom stereocenters. The molecule has 2 N–H and O–H groups in total. The number of phenols is 2. The summed E-state index contributed by atoms with van der Waals surface area (Å²) in [6.45, 7) is 0. The molecule has 19 heavy (non-hydrogen) atoms. The van der Waals surface area contributed by atoms with E-state index in [1.807, 2.05) is 6.07 Å². The van der Waals surface area contributed by atoms with Crippen LogP contribution in [0, 0.1) is 0 Å². The molecule has 0 spiro atoms. The van der Waals surface area contributed by atoms with Gasteiger partial charge in [-0.2, -0.15) is 4.98 Å². The molecule has 1 aromatic carbocycles. The molecular formula is C13H9N3O3. The Morgan fingerprint density at radius 2 is 1.89 bits per heavy atom. The van der Waals surface area contributed by atoms with Crippen molar-refractivity contribution in [2.75, 3.05) is 0 Å². The lowest BCUT2D eigenvalue weighted by Gasteiger charge is -2.00. The van der Waals surface area contributed by atoms with E-state index in [-0.39, 0.29) is 23.0 Å². The van der Waals surface area contributed by atoms with Crippen LogP contribution in [0.25, 0.3) is 23.0 Å². The van der Waals surface area contributed by atoms with Crippen molar-refractivity contribution in [3.63, 3.8) is 0 Å². The molecule has 2 aromatic heterocycles. The fourth-order valence-electron chi connectivity index (χ4n) is 1.64. The summed E-state index contributed by atoms with van der Waals surface area (Å²) in [5, 5.41) is 23.0. The normalized spacial score (nSPS) is 10.5. The zero-order chi connectivity index (χ0) is 13.2. The second kappa shape index (κ2) is 4.41. The first-order chi connectivity index (χ1) is 9.25. The van der Waals surface area contributed by atoms with Crippen molar-refractivity contribution in [1.29, 1.82) is 0 Å². The first kappa shape index (κ1) is 11.2. The third-order valence-corrected chi connectivity index (χ3v) is 2.57. The molecule has 2 heterocycles. The van der Waals surface area contributed by atoms with E-state index in [2.05, 4.69) is 15.1 Å². The monoisotopic (exact) mass is 255 g/mol. The van der Waals surface area contributed by atoms with E-state index in [4.69, 9.17) is 4.52 Å². The summed E-state index contributed by atoms with van der Waals surface area (Å²) in [7, 11) is 0. The fraction of sp³-hybridized carbons (Fsp3) is 0. The van der Waals surface area contributed by atoms with E-state index in [9.17, 15) is 10.2 Å². The van der Waals surface area contributed by atoms with Gasteiger partial charge in [0.25, 0.3) is 5.89 Å². The number of nitrogens with zero attached hydrogens (tertiary/aromatic N) is 3. The van der Waals surface area contributed by atoms with Gasteiger partial charge in [0.1, 0.15) is 5.69 Å². The van der Waals surface area contributed by atoms with Crippen molar-refractivity contribution in [2.24, 2.45) is 0 Å². The van der Waals surface area contributed by atoms with Gasteiger partial charge in [-0.3, -0.25) is 4.98 Å². The van der Waals surface area contributed by atoms with E-state index in [1.54, 1.807) is 30.5 Å². The van der Waals surface area contributed by atoms with Gasteiger partial charge in [0.05, 0.1) is 5.56 Å². The molecule has 0 aliphatic rings. The van der Waals surface area contributed by atoms with Gasteiger partial charge in [-0.05, 0) is 24.3 Å². The first-order valence-electron chi connectivity index (χ1n) is 5.52. The maximum atomic E-state index is 9.74. The molecule has 0 saturated heterocycles. The Hall–Kier alpha value is -2.89.